The molecule has 30 heavy (non-hydrogen) atoms. The van der Waals surface area contributed by atoms with E-state index in [1.54, 1.807) is 0 Å². The van der Waals surface area contributed by atoms with Gasteiger partial charge < -0.3 is 9.80 Å². The summed E-state index contributed by atoms with van der Waals surface area (Å²) in [5.41, 5.74) is 3.45. The van der Waals surface area contributed by atoms with Crippen molar-refractivity contribution in [1.82, 2.24) is 9.80 Å². The standard InChI is InChI=1S/C26H30N2O2/c29-25(17-19-8-10-21(11-9-19)20-5-2-1-3-6-20)28-15-4-7-23-18-27(16-14-24(23)28)26(30)22-12-13-22/h1-3,5-6,8-11,22-24H,4,7,12-18H2/t23-,24+/m0/s1. The van der Waals surface area contributed by atoms with Gasteiger partial charge in [0.25, 0.3) is 0 Å². The lowest BCUT2D eigenvalue weighted by atomic mass is 9.83. The molecule has 1 saturated carbocycles. The van der Waals surface area contributed by atoms with Crippen molar-refractivity contribution in [2.45, 2.75) is 44.6 Å². The van der Waals surface area contributed by atoms with E-state index >= 15 is 0 Å². The summed E-state index contributed by atoms with van der Waals surface area (Å²) < 4.78 is 0. The van der Waals surface area contributed by atoms with E-state index in [2.05, 4.69) is 46.2 Å². The minimum absolute atomic E-state index is 0.235. The van der Waals surface area contributed by atoms with E-state index in [9.17, 15) is 9.59 Å². The number of likely N-dealkylation sites (tertiary alicyclic amines) is 2. The fourth-order valence-corrected chi connectivity index (χ4v) is 5.22. The fourth-order valence-electron chi connectivity index (χ4n) is 5.22. The average molecular weight is 403 g/mol. The Morgan fingerprint density at radius 3 is 2.30 bits per heavy atom. The lowest BCUT2D eigenvalue weighted by Crippen LogP contribution is -2.57. The predicted molar refractivity (Wildman–Crippen MR) is 118 cm³/mol. The Kier molecular flexibility index (Phi) is 5.32. The van der Waals surface area contributed by atoms with Crippen molar-refractivity contribution in [3.8, 4) is 11.1 Å². The zero-order chi connectivity index (χ0) is 20.5. The van der Waals surface area contributed by atoms with Crippen LogP contribution < -0.4 is 0 Å². The largest absolute Gasteiger partial charge is 0.342 e. The van der Waals surface area contributed by atoms with Crippen molar-refractivity contribution in [2.75, 3.05) is 19.6 Å². The Balaban J connectivity index is 1.22. The quantitative estimate of drug-likeness (QED) is 0.771. The number of carbonyl (C=O) groups is 2. The van der Waals surface area contributed by atoms with Crippen LogP contribution in [-0.4, -0.2) is 47.3 Å². The number of fused-ring (bicyclic) bond motifs is 1. The first kappa shape index (κ1) is 19.3. The van der Waals surface area contributed by atoms with Crippen LogP contribution in [0.15, 0.2) is 54.6 Å². The van der Waals surface area contributed by atoms with Gasteiger partial charge in [0.05, 0.1) is 6.42 Å². The smallest absolute Gasteiger partial charge is 0.227 e. The molecule has 4 heteroatoms. The first-order valence-corrected chi connectivity index (χ1v) is 11.4. The molecule has 3 aliphatic rings. The summed E-state index contributed by atoms with van der Waals surface area (Å²) >= 11 is 0. The highest BCUT2D eigenvalue weighted by atomic mass is 16.2. The van der Waals surface area contributed by atoms with Crippen LogP contribution in [-0.2, 0) is 16.0 Å². The Hall–Kier alpha value is -2.62. The van der Waals surface area contributed by atoms with Gasteiger partial charge in [-0.1, -0.05) is 54.6 Å². The van der Waals surface area contributed by atoms with Crippen molar-refractivity contribution in [3.05, 3.63) is 60.2 Å². The maximum absolute atomic E-state index is 13.2. The molecule has 5 rings (SSSR count). The normalized spacial score (nSPS) is 23.7. The maximum atomic E-state index is 13.2. The van der Waals surface area contributed by atoms with Crippen LogP contribution in [0, 0.1) is 11.8 Å². The first-order chi connectivity index (χ1) is 14.7. The summed E-state index contributed by atoms with van der Waals surface area (Å²) in [6.07, 6.45) is 5.71. The fraction of sp³-hybridized carbons (Fsp3) is 0.462. The zero-order valence-electron chi connectivity index (χ0n) is 17.5. The second kappa shape index (κ2) is 8.25. The summed E-state index contributed by atoms with van der Waals surface area (Å²) in [5, 5.41) is 0. The minimum Gasteiger partial charge on any atom is -0.342 e. The zero-order valence-corrected chi connectivity index (χ0v) is 17.5. The second-order valence-electron chi connectivity index (χ2n) is 9.14. The van der Waals surface area contributed by atoms with Crippen LogP contribution in [0.4, 0.5) is 0 Å². The molecule has 2 aliphatic heterocycles. The van der Waals surface area contributed by atoms with Crippen LogP contribution in [0.3, 0.4) is 0 Å². The van der Waals surface area contributed by atoms with Crippen LogP contribution in [0.1, 0.15) is 37.7 Å². The number of hydrogen-bond acceptors (Lipinski definition) is 2. The van der Waals surface area contributed by atoms with Gasteiger partial charge in [0.15, 0.2) is 0 Å². The van der Waals surface area contributed by atoms with Crippen molar-refractivity contribution >= 4 is 11.8 Å². The van der Waals surface area contributed by atoms with Gasteiger partial charge in [0.2, 0.25) is 11.8 Å². The van der Waals surface area contributed by atoms with E-state index in [-0.39, 0.29) is 5.91 Å². The van der Waals surface area contributed by atoms with Gasteiger partial charge in [-0.2, -0.15) is 0 Å². The lowest BCUT2D eigenvalue weighted by Gasteiger charge is -2.47. The molecule has 156 valence electrons. The highest BCUT2D eigenvalue weighted by Gasteiger charge is 2.41. The molecule has 4 nitrogen and oxygen atoms in total. The number of piperidine rings is 2. The molecule has 1 aliphatic carbocycles. The van der Waals surface area contributed by atoms with Gasteiger partial charge in [-0.05, 0) is 54.7 Å². The topological polar surface area (TPSA) is 40.6 Å². The summed E-state index contributed by atoms with van der Waals surface area (Å²) in [5.74, 6) is 1.33. The third-order valence-corrected chi connectivity index (χ3v) is 7.04. The van der Waals surface area contributed by atoms with E-state index in [4.69, 9.17) is 0 Å². The number of hydrogen-bond donors (Lipinski definition) is 0. The Bertz CT molecular complexity index is 904. The molecule has 0 unspecified atom stereocenters. The van der Waals surface area contributed by atoms with Crippen molar-refractivity contribution in [3.63, 3.8) is 0 Å². The molecule has 0 aromatic heterocycles. The summed E-state index contributed by atoms with van der Waals surface area (Å²) in [7, 11) is 0. The molecule has 2 aromatic rings. The molecule has 0 radical (unpaired) electrons. The summed E-state index contributed by atoms with van der Waals surface area (Å²) in [4.78, 5) is 29.8. The van der Waals surface area contributed by atoms with Crippen LogP contribution >= 0.6 is 0 Å². The number of benzene rings is 2. The molecule has 2 atom stereocenters. The van der Waals surface area contributed by atoms with Gasteiger partial charge in [0.1, 0.15) is 0 Å². The lowest BCUT2D eigenvalue weighted by molar-refractivity contribution is -0.141. The number of nitrogens with zero attached hydrogens (tertiary/aromatic N) is 2. The van der Waals surface area contributed by atoms with Gasteiger partial charge in [-0.25, -0.2) is 0 Å². The van der Waals surface area contributed by atoms with Gasteiger partial charge >= 0.3 is 0 Å². The Morgan fingerprint density at radius 2 is 1.57 bits per heavy atom. The van der Waals surface area contributed by atoms with Gasteiger partial charge in [-0.3, -0.25) is 9.59 Å². The number of amides is 2. The van der Waals surface area contributed by atoms with Crippen molar-refractivity contribution in [2.24, 2.45) is 11.8 Å². The van der Waals surface area contributed by atoms with Crippen molar-refractivity contribution < 1.29 is 9.59 Å². The molecular weight excluding hydrogens is 372 g/mol. The molecule has 2 aromatic carbocycles. The van der Waals surface area contributed by atoms with E-state index in [1.165, 1.54) is 11.1 Å². The number of carbonyl (C=O) groups excluding carboxylic acids is 2. The molecule has 0 spiro atoms. The van der Waals surface area contributed by atoms with E-state index < -0.39 is 0 Å². The van der Waals surface area contributed by atoms with E-state index in [0.717, 1.165) is 57.3 Å². The molecule has 0 N–H and O–H groups in total. The molecule has 2 saturated heterocycles. The molecule has 2 amide bonds. The van der Waals surface area contributed by atoms with Crippen LogP contribution in [0.2, 0.25) is 0 Å². The Morgan fingerprint density at radius 1 is 0.833 bits per heavy atom. The van der Waals surface area contributed by atoms with Crippen LogP contribution in [0.5, 0.6) is 0 Å². The van der Waals surface area contributed by atoms with E-state index in [0.29, 0.717) is 30.2 Å². The molecular formula is C26H30N2O2. The Labute approximate surface area is 178 Å². The van der Waals surface area contributed by atoms with Crippen molar-refractivity contribution in [1.29, 1.82) is 0 Å². The third-order valence-electron chi connectivity index (χ3n) is 7.04. The SMILES string of the molecule is O=C(C1CC1)N1CC[C@@H]2[C@@H](CCCN2C(=O)Cc2ccc(-c3ccccc3)cc2)C1. The molecule has 2 heterocycles. The predicted octanol–water partition coefficient (Wildman–Crippen LogP) is 4.15. The van der Waals surface area contributed by atoms with Gasteiger partial charge in [0, 0.05) is 31.6 Å². The van der Waals surface area contributed by atoms with E-state index in [1.807, 2.05) is 18.2 Å². The monoisotopic (exact) mass is 402 g/mol. The number of rotatable bonds is 4. The summed E-state index contributed by atoms with van der Waals surface area (Å²) in [6, 6.07) is 19.0. The minimum atomic E-state index is 0.235. The molecule has 3 fully saturated rings. The van der Waals surface area contributed by atoms with Gasteiger partial charge in [-0.15, -0.1) is 0 Å². The highest BCUT2D eigenvalue weighted by Crippen LogP contribution is 2.36. The highest BCUT2D eigenvalue weighted by molar-refractivity contribution is 5.81. The molecule has 0 bridgehead atoms. The first-order valence-electron chi connectivity index (χ1n) is 11.4. The average Bonchev–Trinajstić information content (AvgIpc) is 3.64. The second-order valence-corrected chi connectivity index (χ2v) is 9.14. The summed E-state index contributed by atoms with van der Waals surface area (Å²) in [6.45, 7) is 2.51. The third kappa shape index (κ3) is 4.00. The maximum Gasteiger partial charge on any atom is 0.227 e. The van der Waals surface area contributed by atoms with Crippen LogP contribution in [0.25, 0.3) is 11.1 Å².